The summed E-state index contributed by atoms with van der Waals surface area (Å²) in [5, 5.41) is 2.90. The molecule has 3 atom stereocenters. The summed E-state index contributed by atoms with van der Waals surface area (Å²) in [6.45, 7) is 5.49. The SMILES string of the molecule is CC1CCCN(c2ncc3c(n2)[C@H]2CNC[C@H]2S(=O)(=O)C3)C1.Cl.Cl. The smallest absolute Gasteiger partial charge is 0.225 e. The molecule has 1 aromatic rings. The van der Waals surface area contributed by atoms with Crippen molar-refractivity contribution in [2.45, 2.75) is 36.7 Å². The zero-order valence-electron chi connectivity index (χ0n) is 13.6. The van der Waals surface area contributed by atoms with Gasteiger partial charge in [0.05, 0.1) is 16.7 Å². The first-order chi connectivity index (χ1) is 10.5. The second-order valence-corrected chi connectivity index (χ2v) is 9.10. The summed E-state index contributed by atoms with van der Waals surface area (Å²) in [6.07, 6.45) is 4.17. The second-order valence-electron chi connectivity index (χ2n) is 6.88. The number of sulfone groups is 1. The Bertz CT molecular complexity index is 701. The summed E-state index contributed by atoms with van der Waals surface area (Å²) in [7, 11) is -3.08. The molecule has 2 saturated heterocycles. The number of nitrogens with one attached hydrogen (secondary N) is 1. The van der Waals surface area contributed by atoms with E-state index in [4.69, 9.17) is 4.98 Å². The third-order valence-electron chi connectivity index (χ3n) is 5.15. The van der Waals surface area contributed by atoms with Gasteiger partial charge in [-0.3, -0.25) is 0 Å². The minimum absolute atomic E-state index is 0. The van der Waals surface area contributed by atoms with Crippen LogP contribution in [0.3, 0.4) is 0 Å². The van der Waals surface area contributed by atoms with Crippen LogP contribution in [0.2, 0.25) is 0 Å². The maximum absolute atomic E-state index is 12.3. The fraction of sp³-hybridized carbons (Fsp3) is 0.733. The lowest BCUT2D eigenvalue weighted by Crippen LogP contribution is -2.38. The molecule has 6 nitrogen and oxygen atoms in total. The lowest BCUT2D eigenvalue weighted by Gasteiger charge is -2.32. The Morgan fingerprint density at radius 3 is 2.83 bits per heavy atom. The minimum atomic E-state index is -3.08. The van der Waals surface area contributed by atoms with Crippen molar-refractivity contribution in [2.24, 2.45) is 5.92 Å². The zero-order chi connectivity index (χ0) is 15.3. The van der Waals surface area contributed by atoms with Crippen molar-refractivity contribution >= 4 is 40.6 Å². The molecule has 0 spiro atoms. The first kappa shape index (κ1) is 19.7. The largest absolute Gasteiger partial charge is 0.341 e. The van der Waals surface area contributed by atoms with Crippen molar-refractivity contribution in [3.8, 4) is 0 Å². The lowest BCUT2D eigenvalue weighted by molar-refractivity contribution is 0.441. The van der Waals surface area contributed by atoms with E-state index in [1.165, 1.54) is 12.8 Å². The standard InChI is InChI=1S/C15H22N4O2S.2ClH/c1-10-3-2-4-19(8-10)15-17-5-11-9-22(20,21)13-7-16-6-12(13)14(11)18-15;;/h5,10,12-13,16H,2-4,6-9H2,1H3;2*1H/t10?,12-,13+;;/m0../s1. The number of aromatic nitrogens is 2. The van der Waals surface area contributed by atoms with Crippen LogP contribution in [0.1, 0.15) is 36.9 Å². The van der Waals surface area contributed by atoms with Crippen LogP contribution in [0.15, 0.2) is 6.20 Å². The van der Waals surface area contributed by atoms with Crippen LogP contribution >= 0.6 is 24.8 Å². The summed E-state index contributed by atoms with van der Waals surface area (Å²) in [5.74, 6) is 1.50. The van der Waals surface area contributed by atoms with Gasteiger partial charge < -0.3 is 10.2 Å². The van der Waals surface area contributed by atoms with Crippen molar-refractivity contribution in [1.29, 1.82) is 0 Å². The fourth-order valence-electron chi connectivity index (χ4n) is 3.99. The summed E-state index contributed by atoms with van der Waals surface area (Å²) < 4.78 is 24.7. The van der Waals surface area contributed by atoms with Gasteiger partial charge in [0.1, 0.15) is 0 Å². The predicted octanol–water partition coefficient (Wildman–Crippen LogP) is 1.54. The maximum Gasteiger partial charge on any atom is 0.225 e. The van der Waals surface area contributed by atoms with Crippen molar-refractivity contribution in [3.05, 3.63) is 17.5 Å². The zero-order valence-corrected chi connectivity index (χ0v) is 16.1. The van der Waals surface area contributed by atoms with Crippen LogP contribution in [0.25, 0.3) is 0 Å². The first-order valence-electron chi connectivity index (χ1n) is 8.07. The van der Waals surface area contributed by atoms with Gasteiger partial charge in [0, 0.05) is 43.9 Å². The average molecular weight is 395 g/mol. The van der Waals surface area contributed by atoms with Crippen LogP contribution in [-0.2, 0) is 15.6 Å². The molecule has 1 aromatic heterocycles. The third-order valence-corrected chi connectivity index (χ3v) is 7.28. The summed E-state index contributed by atoms with van der Waals surface area (Å²) >= 11 is 0. The van der Waals surface area contributed by atoms with Crippen molar-refractivity contribution < 1.29 is 8.42 Å². The molecule has 3 aliphatic heterocycles. The molecule has 0 amide bonds. The monoisotopic (exact) mass is 394 g/mol. The average Bonchev–Trinajstić information content (AvgIpc) is 2.97. The molecule has 4 rings (SSSR count). The van der Waals surface area contributed by atoms with E-state index in [9.17, 15) is 8.42 Å². The van der Waals surface area contributed by atoms with Crippen LogP contribution in [-0.4, -0.2) is 49.8 Å². The minimum Gasteiger partial charge on any atom is -0.341 e. The van der Waals surface area contributed by atoms with Gasteiger partial charge in [0.2, 0.25) is 5.95 Å². The number of halogens is 2. The molecule has 0 radical (unpaired) electrons. The van der Waals surface area contributed by atoms with Gasteiger partial charge in [-0.05, 0) is 18.8 Å². The molecule has 0 aliphatic carbocycles. The number of fused-ring (bicyclic) bond motifs is 3. The Balaban J connectivity index is 0.00000104. The van der Waals surface area contributed by atoms with E-state index in [0.717, 1.165) is 30.3 Å². The summed E-state index contributed by atoms with van der Waals surface area (Å²) in [4.78, 5) is 11.5. The molecule has 4 heterocycles. The second kappa shape index (κ2) is 7.32. The van der Waals surface area contributed by atoms with E-state index in [2.05, 4.69) is 22.1 Å². The number of anilines is 1. The van der Waals surface area contributed by atoms with Gasteiger partial charge in [-0.2, -0.15) is 0 Å². The third kappa shape index (κ3) is 3.36. The number of piperidine rings is 1. The molecular weight excluding hydrogens is 371 g/mol. The van der Waals surface area contributed by atoms with Gasteiger partial charge in [-0.15, -0.1) is 24.8 Å². The number of nitrogens with zero attached hydrogens (tertiary/aromatic N) is 3. The molecule has 9 heteroatoms. The fourth-order valence-corrected chi connectivity index (χ4v) is 5.96. The Hall–Kier alpha value is -0.630. The predicted molar refractivity (Wildman–Crippen MR) is 99.2 cm³/mol. The number of rotatable bonds is 1. The van der Waals surface area contributed by atoms with Crippen molar-refractivity contribution in [3.63, 3.8) is 0 Å². The normalized spacial score (nSPS) is 30.5. The lowest BCUT2D eigenvalue weighted by atomic mass is 9.99. The van der Waals surface area contributed by atoms with Crippen LogP contribution < -0.4 is 10.2 Å². The molecule has 1 unspecified atom stereocenters. The first-order valence-corrected chi connectivity index (χ1v) is 9.79. The van der Waals surface area contributed by atoms with Gasteiger partial charge in [0.15, 0.2) is 9.84 Å². The molecule has 3 aliphatic rings. The Labute approximate surface area is 155 Å². The van der Waals surface area contributed by atoms with E-state index in [0.29, 0.717) is 19.0 Å². The van der Waals surface area contributed by atoms with Crippen molar-refractivity contribution in [1.82, 2.24) is 15.3 Å². The number of hydrogen-bond acceptors (Lipinski definition) is 6. The van der Waals surface area contributed by atoms with Crippen LogP contribution in [0.5, 0.6) is 0 Å². The van der Waals surface area contributed by atoms with Crippen LogP contribution in [0.4, 0.5) is 5.95 Å². The highest BCUT2D eigenvalue weighted by Gasteiger charge is 2.44. The van der Waals surface area contributed by atoms with E-state index in [-0.39, 0.29) is 41.7 Å². The van der Waals surface area contributed by atoms with E-state index < -0.39 is 9.84 Å². The molecular formula is C15H24Cl2N4O2S. The molecule has 0 bridgehead atoms. The van der Waals surface area contributed by atoms with Gasteiger partial charge in [0.25, 0.3) is 0 Å². The van der Waals surface area contributed by atoms with Gasteiger partial charge in [-0.1, -0.05) is 6.92 Å². The molecule has 0 saturated carbocycles. The molecule has 24 heavy (non-hydrogen) atoms. The topological polar surface area (TPSA) is 75.2 Å². The molecule has 2 fully saturated rings. The Morgan fingerprint density at radius 2 is 2.08 bits per heavy atom. The van der Waals surface area contributed by atoms with Crippen molar-refractivity contribution in [2.75, 3.05) is 31.1 Å². The van der Waals surface area contributed by atoms with E-state index in [1.807, 2.05) is 0 Å². The van der Waals surface area contributed by atoms with Crippen LogP contribution in [0, 0.1) is 5.92 Å². The Kier molecular flexibility index (Phi) is 6.00. The molecule has 0 aromatic carbocycles. The highest BCUT2D eigenvalue weighted by Crippen LogP contribution is 2.36. The van der Waals surface area contributed by atoms with Gasteiger partial charge >= 0.3 is 0 Å². The van der Waals surface area contributed by atoms with E-state index >= 15 is 0 Å². The highest BCUT2D eigenvalue weighted by molar-refractivity contribution is 7.91. The molecule has 136 valence electrons. The van der Waals surface area contributed by atoms with E-state index in [1.54, 1.807) is 6.20 Å². The summed E-state index contributed by atoms with van der Waals surface area (Å²) in [6, 6.07) is 0. The summed E-state index contributed by atoms with van der Waals surface area (Å²) in [5.41, 5.74) is 1.74. The maximum atomic E-state index is 12.3. The highest BCUT2D eigenvalue weighted by atomic mass is 35.5. The quantitative estimate of drug-likeness (QED) is 0.778. The molecule has 1 N–H and O–H groups in total. The Morgan fingerprint density at radius 1 is 1.29 bits per heavy atom. The number of hydrogen-bond donors (Lipinski definition) is 1. The van der Waals surface area contributed by atoms with Gasteiger partial charge in [-0.25, -0.2) is 18.4 Å².